The van der Waals surface area contributed by atoms with Crippen molar-refractivity contribution in [2.75, 3.05) is 39.3 Å². The summed E-state index contributed by atoms with van der Waals surface area (Å²) in [5.74, 6) is 1.03. The Hall–Kier alpha value is -1.69. The lowest BCUT2D eigenvalue weighted by atomic mass is 9.93. The van der Waals surface area contributed by atoms with Crippen LogP contribution in [0.4, 0.5) is 0 Å². The van der Waals surface area contributed by atoms with Gasteiger partial charge in [-0.2, -0.15) is 0 Å². The van der Waals surface area contributed by atoms with Crippen LogP contribution in [-0.2, 0) is 17.9 Å². The largest absolute Gasteiger partial charge is 0.340 e. The number of thiophene rings is 1. The van der Waals surface area contributed by atoms with Crippen LogP contribution in [0.25, 0.3) is 0 Å². The van der Waals surface area contributed by atoms with Crippen LogP contribution in [0.5, 0.6) is 0 Å². The number of rotatable bonds is 7. The molecule has 0 N–H and O–H groups in total. The summed E-state index contributed by atoms with van der Waals surface area (Å²) >= 11 is 1.88. The maximum atomic E-state index is 12.8. The lowest BCUT2D eigenvalue weighted by Gasteiger charge is -2.36. The Balaban J connectivity index is 1.17. The lowest BCUT2D eigenvalue weighted by molar-refractivity contribution is -0.133. The van der Waals surface area contributed by atoms with Gasteiger partial charge in [0, 0.05) is 57.1 Å². The van der Waals surface area contributed by atoms with Gasteiger partial charge in [0.2, 0.25) is 5.91 Å². The third-order valence-corrected chi connectivity index (χ3v) is 7.69. The predicted molar refractivity (Wildman–Crippen MR) is 125 cm³/mol. The monoisotopic (exact) mass is 425 g/mol. The molecule has 2 aliphatic rings. The van der Waals surface area contributed by atoms with Crippen LogP contribution in [-0.4, -0.2) is 59.9 Å². The smallest absolute Gasteiger partial charge is 0.222 e. The molecule has 1 aromatic heterocycles. The van der Waals surface area contributed by atoms with Gasteiger partial charge in [0.05, 0.1) is 0 Å². The van der Waals surface area contributed by atoms with Crippen molar-refractivity contribution in [3.63, 3.8) is 0 Å². The lowest BCUT2D eigenvalue weighted by Crippen LogP contribution is -2.48. The van der Waals surface area contributed by atoms with Crippen LogP contribution in [0.2, 0.25) is 0 Å². The molecule has 2 aromatic rings. The standard InChI is InChI=1S/C25H35N3OS/c1-21-11-17-30-24(21)20-27-12-5-8-23(19-27)9-10-25(29)28-15-13-26(14-16-28)18-22-6-3-2-4-7-22/h2-4,6-7,11,17,23H,5,8-10,12-16,18-20H2,1H3. The minimum absolute atomic E-state index is 0.362. The molecule has 2 fully saturated rings. The van der Waals surface area contributed by atoms with Crippen molar-refractivity contribution in [3.05, 3.63) is 57.8 Å². The van der Waals surface area contributed by atoms with Crippen molar-refractivity contribution < 1.29 is 4.79 Å². The number of piperazine rings is 1. The molecule has 0 radical (unpaired) electrons. The van der Waals surface area contributed by atoms with Crippen molar-refractivity contribution in [3.8, 4) is 0 Å². The highest BCUT2D eigenvalue weighted by atomic mass is 32.1. The van der Waals surface area contributed by atoms with E-state index < -0.39 is 0 Å². The Morgan fingerprint density at radius 1 is 1.00 bits per heavy atom. The summed E-state index contributed by atoms with van der Waals surface area (Å²) in [6, 6.07) is 12.9. The van der Waals surface area contributed by atoms with Crippen molar-refractivity contribution in [1.82, 2.24) is 14.7 Å². The Morgan fingerprint density at radius 3 is 2.53 bits per heavy atom. The number of piperidine rings is 1. The number of carbonyl (C=O) groups is 1. The number of benzene rings is 1. The number of likely N-dealkylation sites (tertiary alicyclic amines) is 1. The molecule has 2 saturated heterocycles. The van der Waals surface area contributed by atoms with Gasteiger partial charge >= 0.3 is 0 Å². The zero-order chi connectivity index (χ0) is 20.8. The van der Waals surface area contributed by atoms with Gasteiger partial charge in [-0.05, 0) is 61.2 Å². The van der Waals surface area contributed by atoms with Gasteiger partial charge < -0.3 is 4.90 Å². The first kappa shape index (κ1) is 21.5. The molecule has 1 atom stereocenters. The average Bonchev–Trinajstić information content (AvgIpc) is 3.18. The molecule has 3 heterocycles. The van der Waals surface area contributed by atoms with Crippen molar-refractivity contribution in [2.45, 2.75) is 45.7 Å². The van der Waals surface area contributed by atoms with E-state index in [1.807, 2.05) is 11.3 Å². The summed E-state index contributed by atoms with van der Waals surface area (Å²) < 4.78 is 0. The Labute approximate surface area is 185 Å². The predicted octanol–water partition coefficient (Wildman–Crippen LogP) is 4.39. The van der Waals surface area contributed by atoms with Gasteiger partial charge in [0.15, 0.2) is 0 Å². The average molecular weight is 426 g/mol. The highest BCUT2D eigenvalue weighted by Crippen LogP contribution is 2.25. The summed E-state index contributed by atoms with van der Waals surface area (Å²) in [5.41, 5.74) is 2.78. The second kappa shape index (κ2) is 10.6. The van der Waals surface area contributed by atoms with Gasteiger partial charge in [0.1, 0.15) is 0 Å². The van der Waals surface area contributed by atoms with Crippen molar-refractivity contribution >= 4 is 17.2 Å². The molecular formula is C25H35N3OS. The first-order valence-corrected chi connectivity index (χ1v) is 12.3. The highest BCUT2D eigenvalue weighted by molar-refractivity contribution is 7.10. The fraction of sp³-hybridized carbons (Fsp3) is 0.560. The van der Waals surface area contributed by atoms with E-state index in [1.165, 1.54) is 35.4 Å². The highest BCUT2D eigenvalue weighted by Gasteiger charge is 2.24. The number of amides is 1. The van der Waals surface area contributed by atoms with E-state index in [0.717, 1.165) is 58.7 Å². The van der Waals surface area contributed by atoms with Crippen molar-refractivity contribution in [1.29, 1.82) is 0 Å². The molecule has 5 heteroatoms. The van der Waals surface area contributed by atoms with Crippen molar-refractivity contribution in [2.24, 2.45) is 5.92 Å². The third kappa shape index (κ3) is 5.93. The van der Waals surface area contributed by atoms with Crippen LogP contribution >= 0.6 is 11.3 Å². The van der Waals surface area contributed by atoms with Gasteiger partial charge in [-0.1, -0.05) is 30.3 Å². The first-order valence-electron chi connectivity index (χ1n) is 11.5. The van der Waals surface area contributed by atoms with E-state index in [4.69, 9.17) is 0 Å². The summed E-state index contributed by atoms with van der Waals surface area (Å²) in [6.45, 7) is 10.4. The second-order valence-electron chi connectivity index (χ2n) is 8.95. The SMILES string of the molecule is Cc1ccsc1CN1CCCC(CCC(=O)N2CCN(Cc3ccccc3)CC2)C1. The fourth-order valence-corrected chi connectivity index (χ4v) is 5.73. The minimum Gasteiger partial charge on any atom is -0.340 e. The summed E-state index contributed by atoms with van der Waals surface area (Å²) in [5, 5.41) is 2.20. The van der Waals surface area contributed by atoms with Crippen LogP contribution < -0.4 is 0 Å². The minimum atomic E-state index is 0.362. The van der Waals surface area contributed by atoms with Gasteiger partial charge in [-0.15, -0.1) is 11.3 Å². The molecule has 162 valence electrons. The van der Waals surface area contributed by atoms with E-state index >= 15 is 0 Å². The number of hydrogen-bond acceptors (Lipinski definition) is 4. The third-order valence-electron chi connectivity index (χ3n) is 6.68. The molecule has 4 rings (SSSR count). The molecule has 0 aliphatic carbocycles. The maximum absolute atomic E-state index is 12.8. The quantitative estimate of drug-likeness (QED) is 0.658. The first-order chi connectivity index (χ1) is 14.7. The van der Waals surface area contributed by atoms with E-state index in [2.05, 4.69) is 63.4 Å². The van der Waals surface area contributed by atoms with E-state index in [0.29, 0.717) is 11.8 Å². The van der Waals surface area contributed by atoms with E-state index in [9.17, 15) is 4.79 Å². The molecule has 0 spiro atoms. The molecule has 1 aromatic carbocycles. The molecule has 0 bridgehead atoms. The molecule has 4 nitrogen and oxygen atoms in total. The normalized spacial score (nSPS) is 21.1. The van der Waals surface area contributed by atoms with Crippen LogP contribution in [0, 0.1) is 12.8 Å². The summed E-state index contributed by atoms with van der Waals surface area (Å²) in [6.07, 6.45) is 4.30. The van der Waals surface area contributed by atoms with E-state index in [1.54, 1.807) is 0 Å². The maximum Gasteiger partial charge on any atom is 0.222 e. The zero-order valence-electron chi connectivity index (χ0n) is 18.3. The van der Waals surface area contributed by atoms with Crippen LogP contribution in [0.1, 0.15) is 41.7 Å². The number of aryl methyl sites for hydroxylation is 1. The van der Waals surface area contributed by atoms with Gasteiger partial charge in [-0.25, -0.2) is 0 Å². The summed E-state index contributed by atoms with van der Waals surface area (Å²) in [7, 11) is 0. The molecule has 30 heavy (non-hydrogen) atoms. The second-order valence-corrected chi connectivity index (χ2v) is 9.95. The number of hydrogen-bond donors (Lipinski definition) is 0. The molecule has 2 aliphatic heterocycles. The zero-order valence-corrected chi connectivity index (χ0v) is 19.1. The molecule has 1 amide bonds. The topological polar surface area (TPSA) is 26.8 Å². The van der Waals surface area contributed by atoms with Crippen LogP contribution in [0.3, 0.4) is 0 Å². The number of carbonyl (C=O) groups excluding carboxylic acids is 1. The van der Waals surface area contributed by atoms with E-state index in [-0.39, 0.29) is 0 Å². The molecular weight excluding hydrogens is 390 g/mol. The molecule has 0 saturated carbocycles. The van der Waals surface area contributed by atoms with Gasteiger partial charge in [-0.3, -0.25) is 14.6 Å². The fourth-order valence-electron chi connectivity index (χ4n) is 4.78. The van der Waals surface area contributed by atoms with Crippen LogP contribution in [0.15, 0.2) is 41.8 Å². The number of nitrogens with zero attached hydrogens (tertiary/aromatic N) is 3. The Morgan fingerprint density at radius 2 is 1.80 bits per heavy atom. The Kier molecular flexibility index (Phi) is 7.58. The summed E-state index contributed by atoms with van der Waals surface area (Å²) in [4.78, 5) is 21.4. The van der Waals surface area contributed by atoms with Gasteiger partial charge in [0.25, 0.3) is 0 Å². The molecule has 1 unspecified atom stereocenters. The Bertz CT molecular complexity index is 798.